The van der Waals surface area contributed by atoms with E-state index >= 15 is 0 Å². The highest BCUT2D eigenvalue weighted by Crippen LogP contribution is 2.13. The average molecular weight is 242 g/mol. The Morgan fingerprint density at radius 1 is 1.50 bits per heavy atom. The van der Waals surface area contributed by atoms with Crippen molar-refractivity contribution in [2.45, 2.75) is 19.4 Å². The molecule has 1 N–H and O–H groups in total. The molecule has 0 radical (unpaired) electrons. The van der Waals surface area contributed by atoms with E-state index in [1.54, 1.807) is 12.4 Å². The minimum absolute atomic E-state index is 0.110. The number of hydrogen-bond donors (Lipinski definition) is 1. The quantitative estimate of drug-likeness (QED) is 0.813. The lowest BCUT2D eigenvalue weighted by Gasteiger charge is -2.17. The molecule has 1 aromatic rings. The van der Waals surface area contributed by atoms with Crippen LogP contribution in [0, 0.1) is 0 Å². The number of nitrogens with zero attached hydrogens (tertiary/aromatic N) is 1. The molecular formula is C11H18N2O2S. The van der Waals surface area contributed by atoms with Crippen LogP contribution >= 0.6 is 0 Å². The Bertz CT molecular complexity index is 403. The van der Waals surface area contributed by atoms with Gasteiger partial charge in [-0.1, -0.05) is 13.0 Å². The molecule has 0 saturated heterocycles. The summed E-state index contributed by atoms with van der Waals surface area (Å²) in [6, 6.07) is 3.55. The van der Waals surface area contributed by atoms with Crippen LogP contribution in [0.2, 0.25) is 0 Å². The number of hydrogen-bond acceptors (Lipinski definition) is 4. The summed E-state index contributed by atoms with van der Waals surface area (Å²) < 4.78 is 22.6. The van der Waals surface area contributed by atoms with E-state index in [0.717, 1.165) is 18.5 Å². The molecule has 1 heterocycles. The van der Waals surface area contributed by atoms with Gasteiger partial charge < -0.3 is 5.32 Å². The van der Waals surface area contributed by atoms with Crippen molar-refractivity contribution in [1.29, 1.82) is 0 Å². The van der Waals surface area contributed by atoms with Crippen molar-refractivity contribution in [3.8, 4) is 0 Å². The lowest BCUT2D eigenvalue weighted by Crippen LogP contribution is -2.28. The zero-order valence-corrected chi connectivity index (χ0v) is 10.5. The topological polar surface area (TPSA) is 59.1 Å². The Labute approximate surface area is 97.0 Å². The summed E-state index contributed by atoms with van der Waals surface area (Å²) in [7, 11) is -2.99. The van der Waals surface area contributed by atoms with Crippen LogP contribution in [0.15, 0.2) is 24.5 Å². The molecular weight excluding hydrogens is 224 g/mol. The lowest BCUT2D eigenvalue weighted by atomic mass is 10.1. The predicted molar refractivity (Wildman–Crippen MR) is 65.0 cm³/mol. The molecule has 1 atom stereocenters. The molecule has 0 aromatic carbocycles. The zero-order valence-electron chi connectivity index (χ0n) is 9.68. The molecule has 0 fully saturated rings. The molecule has 1 unspecified atom stereocenters. The van der Waals surface area contributed by atoms with Crippen LogP contribution in [0.25, 0.3) is 0 Å². The maximum atomic E-state index is 11.3. The second kappa shape index (κ2) is 5.96. The van der Waals surface area contributed by atoms with Crippen molar-refractivity contribution in [1.82, 2.24) is 10.3 Å². The molecule has 0 saturated carbocycles. The highest BCUT2D eigenvalue weighted by Gasteiger charge is 2.16. The van der Waals surface area contributed by atoms with Gasteiger partial charge in [-0.05, 0) is 24.6 Å². The maximum absolute atomic E-state index is 11.3. The Kier molecular flexibility index (Phi) is 4.89. The minimum atomic E-state index is -2.99. The van der Waals surface area contributed by atoms with Crippen LogP contribution in [-0.4, -0.2) is 32.0 Å². The fourth-order valence-corrected chi connectivity index (χ4v) is 2.39. The standard InChI is InChI=1S/C11H18N2O2S/c1-3-6-13-11(9-16(2,14)15)10-5-4-7-12-8-10/h4-5,7-8,11,13H,3,6,9H2,1-2H3. The Hall–Kier alpha value is -0.940. The van der Waals surface area contributed by atoms with Gasteiger partial charge in [0.05, 0.1) is 5.75 Å². The van der Waals surface area contributed by atoms with Crippen molar-refractivity contribution in [2.75, 3.05) is 18.6 Å². The first-order valence-corrected chi connectivity index (χ1v) is 7.40. The summed E-state index contributed by atoms with van der Waals surface area (Å²) in [6.07, 6.45) is 5.61. The molecule has 5 heteroatoms. The van der Waals surface area contributed by atoms with Gasteiger partial charge in [-0.15, -0.1) is 0 Å². The highest BCUT2D eigenvalue weighted by molar-refractivity contribution is 7.90. The summed E-state index contributed by atoms with van der Waals surface area (Å²) in [5, 5.41) is 3.22. The van der Waals surface area contributed by atoms with Gasteiger partial charge in [-0.25, -0.2) is 8.42 Å². The average Bonchev–Trinajstić information content (AvgIpc) is 2.24. The molecule has 0 amide bonds. The smallest absolute Gasteiger partial charge is 0.149 e. The van der Waals surface area contributed by atoms with E-state index < -0.39 is 9.84 Å². The van der Waals surface area contributed by atoms with Gasteiger partial charge in [0, 0.05) is 24.7 Å². The first kappa shape index (κ1) is 13.1. The van der Waals surface area contributed by atoms with Crippen LogP contribution in [0.3, 0.4) is 0 Å². The van der Waals surface area contributed by atoms with Crippen LogP contribution in [0.1, 0.15) is 24.9 Å². The monoisotopic (exact) mass is 242 g/mol. The normalized spacial score (nSPS) is 13.6. The SMILES string of the molecule is CCCNC(CS(C)(=O)=O)c1cccnc1. The second-order valence-corrected chi connectivity index (χ2v) is 6.07. The molecule has 0 spiro atoms. The van der Waals surface area contributed by atoms with Gasteiger partial charge in [0.25, 0.3) is 0 Å². The van der Waals surface area contributed by atoms with Crippen molar-refractivity contribution >= 4 is 9.84 Å². The van der Waals surface area contributed by atoms with Gasteiger partial charge in [-0.2, -0.15) is 0 Å². The van der Waals surface area contributed by atoms with E-state index in [1.165, 1.54) is 6.26 Å². The Morgan fingerprint density at radius 2 is 2.25 bits per heavy atom. The summed E-state index contributed by atoms with van der Waals surface area (Å²) in [5.74, 6) is 0.110. The van der Waals surface area contributed by atoms with E-state index in [-0.39, 0.29) is 11.8 Å². The third kappa shape index (κ3) is 4.72. The van der Waals surface area contributed by atoms with Crippen LogP contribution < -0.4 is 5.32 Å². The van der Waals surface area contributed by atoms with Gasteiger partial charge in [0.1, 0.15) is 9.84 Å². The lowest BCUT2D eigenvalue weighted by molar-refractivity contribution is 0.548. The van der Waals surface area contributed by atoms with Crippen molar-refractivity contribution in [3.63, 3.8) is 0 Å². The number of pyridine rings is 1. The van der Waals surface area contributed by atoms with Crippen LogP contribution in [-0.2, 0) is 9.84 Å². The van der Waals surface area contributed by atoms with Gasteiger partial charge in [0.15, 0.2) is 0 Å². The molecule has 1 rings (SSSR count). The summed E-state index contributed by atoms with van der Waals surface area (Å²) in [5.41, 5.74) is 0.918. The fraction of sp³-hybridized carbons (Fsp3) is 0.545. The molecule has 90 valence electrons. The van der Waals surface area contributed by atoms with Gasteiger partial charge in [-0.3, -0.25) is 4.98 Å². The number of aromatic nitrogens is 1. The van der Waals surface area contributed by atoms with E-state index in [2.05, 4.69) is 10.3 Å². The number of sulfone groups is 1. The molecule has 4 nitrogen and oxygen atoms in total. The van der Waals surface area contributed by atoms with E-state index in [1.807, 2.05) is 19.1 Å². The fourth-order valence-electron chi connectivity index (χ4n) is 1.48. The van der Waals surface area contributed by atoms with Crippen molar-refractivity contribution in [2.24, 2.45) is 0 Å². The first-order valence-electron chi connectivity index (χ1n) is 5.34. The van der Waals surface area contributed by atoms with Crippen molar-refractivity contribution < 1.29 is 8.42 Å². The molecule has 16 heavy (non-hydrogen) atoms. The second-order valence-electron chi connectivity index (χ2n) is 3.89. The molecule has 0 aliphatic heterocycles. The number of rotatable bonds is 6. The molecule has 1 aromatic heterocycles. The molecule has 0 aliphatic rings. The van der Waals surface area contributed by atoms with E-state index in [0.29, 0.717) is 0 Å². The minimum Gasteiger partial charge on any atom is -0.309 e. The summed E-state index contributed by atoms with van der Waals surface area (Å²) >= 11 is 0. The first-order chi connectivity index (χ1) is 7.53. The van der Waals surface area contributed by atoms with E-state index in [4.69, 9.17) is 0 Å². The van der Waals surface area contributed by atoms with Crippen molar-refractivity contribution in [3.05, 3.63) is 30.1 Å². The van der Waals surface area contributed by atoms with Crippen LogP contribution in [0.4, 0.5) is 0 Å². The Morgan fingerprint density at radius 3 is 2.75 bits per heavy atom. The molecule has 0 bridgehead atoms. The summed E-state index contributed by atoms with van der Waals surface area (Å²) in [4.78, 5) is 4.01. The predicted octanol–water partition coefficient (Wildman–Crippen LogP) is 1.17. The Balaban J connectivity index is 2.79. The maximum Gasteiger partial charge on any atom is 0.149 e. The summed E-state index contributed by atoms with van der Waals surface area (Å²) in [6.45, 7) is 2.85. The van der Waals surface area contributed by atoms with Gasteiger partial charge in [0.2, 0.25) is 0 Å². The third-order valence-corrected chi connectivity index (χ3v) is 3.14. The van der Waals surface area contributed by atoms with Crippen LogP contribution in [0.5, 0.6) is 0 Å². The zero-order chi connectivity index (χ0) is 12.0. The molecule has 0 aliphatic carbocycles. The van der Waals surface area contributed by atoms with Gasteiger partial charge >= 0.3 is 0 Å². The largest absolute Gasteiger partial charge is 0.309 e. The highest BCUT2D eigenvalue weighted by atomic mass is 32.2. The number of nitrogens with one attached hydrogen (secondary N) is 1. The van der Waals surface area contributed by atoms with E-state index in [9.17, 15) is 8.42 Å². The third-order valence-electron chi connectivity index (χ3n) is 2.20.